The highest BCUT2D eigenvalue weighted by Crippen LogP contribution is 2.31. The van der Waals surface area contributed by atoms with Crippen LogP contribution in [0.4, 0.5) is 5.69 Å². The number of benzene rings is 1. The quantitative estimate of drug-likeness (QED) is 0.668. The average molecular weight is 427 g/mol. The van der Waals surface area contributed by atoms with Crippen LogP contribution in [0.5, 0.6) is 5.75 Å². The third-order valence-electron chi connectivity index (χ3n) is 5.47. The van der Waals surface area contributed by atoms with E-state index in [0.29, 0.717) is 43.4 Å². The van der Waals surface area contributed by atoms with E-state index in [-0.39, 0.29) is 30.7 Å². The van der Waals surface area contributed by atoms with Crippen LogP contribution in [0, 0.1) is 0 Å². The molecule has 9 nitrogen and oxygen atoms in total. The molecule has 1 saturated heterocycles. The van der Waals surface area contributed by atoms with Gasteiger partial charge in [-0.15, -0.1) is 0 Å². The number of hydrogen-bond acceptors (Lipinski definition) is 7. The Kier molecular flexibility index (Phi) is 6.22. The molecule has 0 aliphatic carbocycles. The number of carbonyl (C=O) groups is 3. The number of carbonyl (C=O) groups excluding carboxylic acids is 3. The Balaban J connectivity index is 1.34. The van der Waals surface area contributed by atoms with Crippen LogP contribution in [0.3, 0.4) is 0 Å². The molecule has 0 saturated carbocycles. The summed E-state index contributed by atoms with van der Waals surface area (Å²) in [6.45, 7) is 3.15. The average Bonchev–Trinajstić information content (AvgIpc) is 3.12. The number of hydrogen-bond donors (Lipinski definition) is 0. The molecule has 1 aromatic carbocycles. The first-order valence-corrected chi connectivity index (χ1v) is 10.2. The number of rotatable bonds is 5. The highest BCUT2D eigenvalue weighted by atomic mass is 16.5. The fourth-order valence-corrected chi connectivity index (χ4v) is 3.83. The van der Waals surface area contributed by atoms with Gasteiger partial charge in [0.2, 0.25) is 11.7 Å². The maximum absolute atomic E-state index is 13.0. The van der Waals surface area contributed by atoms with Crippen molar-refractivity contribution in [3.05, 3.63) is 47.9 Å². The molecule has 9 heteroatoms. The summed E-state index contributed by atoms with van der Waals surface area (Å²) in [6.07, 6.45) is 0.809. The molecule has 0 spiro atoms. The van der Waals surface area contributed by atoms with Gasteiger partial charge in [-0.1, -0.05) is 12.1 Å². The number of para-hydroxylation sites is 2. The topological polar surface area (TPSA) is 92.5 Å². The van der Waals surface area contributed by atoms with Crippen molar-refractivity contribution in [2.45, 2.75) is 13.0 Å². The zero-order valence-electron chi connectivity index (χ0n) is 17.4. The summed E-state index contributed by atoms with van der Waals surface area (Å²) < 4.78 is 15.7. The lowest BCUT2D eigenvalue weighted by molar-refractivity contribution is -0.131. The molecule has 4 rings (SSSR count). The Morgan fingerprint density at radius 3 is 2.74 bits per heavy atom. The van der Waals surface area contributed by atoms with Gasteiger partial charge < -0.3 is 18.8 Å². The Labute approximate surface area is 180 Å². The Morgan fingerprint density at radius 1 is 1.06 bits per heavy atom. The molecule has 0 N–H and O–H groups in total. The highest BCUT2D eigenvalue weighted by molar-refractivity contribution is 6.02. The van der Waals surface area contributed by atoms with Gasteiger partial charge in [0.1, 0.15) is 18.1 Å². The Hall–Kier alpha value is -3.33. The highest BCUT2D eigenvalue weighted by Gasteiger charge is 2.29. The van der Waals surface area contributed by atoms with Crippen molar-refractivity contribution in [2.75, 3.05) is 51.3 Å². The van der Waals surface area contributed by atoms with Gasteiger partial charge in [0.15, 0.2) is 6.61 Å². The summed E-state index contributed by atoms with van der Waals surface area (Å²) in [5, 5.41) is 0. The van der Waals surface area contributed by atoms with E-state index in [1.807, 2.05) is 12.1 Å². The van der Waals surface area contributed by atoms with Gasteiger partial charge in [0.05, 0.1) is 19.3 Å². The maximum Gasteiger partial charge on any atom is 0.373 e. The van der Waals surface area contributed by atoms with Gasteiger partial charge in [-0.25, -0.2) is 4.79 Å². The van der Waals surface area contributed by atoms with Crippen molar-refractivity contribution in [3.63, 3.8) is 0 Å². The number of fused-ring (bicyclic) bond motifs is 1. The standard InChI is InChI=1S/C22H25N3O6/c1-29-22(28)19-8-7-16(31-19)13-23-9-4-10-24(12-11-23)20(26)14-25-17-5-2-3-6-18(17)30-15-21(25)27/h2-3,5-8H,4,9-15H2,1H3. The molecular weight excluding hydrogens is 402 g/mol. The van der Waals surface area contributed by atoms with Crippen molar-refractivity contribution >= 4 is 23.5 Å². The minimum Gasteiger partial charge on any atom is -0.482 e. The van der Waals surface area contributed by atoms with Crippen LogP contribution in [-0.4, -0.2) is 74.0 Å². The van der Waals surface area contributed by atoms with Crippen LogP contribution < -0.4 is 9.64 Å². The van der Waals surface area contributed by atoms with E-state index in [2.05, 4.69) is 9.64 Å². The summed E-state index contributed by atoms with van der Waals surface area (Å²) in [4.78, 5) is 42.3. The second-order valence-electron chi connectivity index (χ2n) is 7.50. The summed E-state index contributed by atoms with van der Waals surface area (Å²) in [5.74, 6) is 0.663. The number of ether oxygens (including phenoxy) is 2. The van der Waals surface area contributed by atoms with Crippen LogP contribution in [0.15, 0.2) is 40.8 Å². The number of amides is 2. The third-order valence-corrected chi connectivity index (χ3v) is 5.47. The lowest BCUT2D eigenvalue weighted by Gasteiger charge is -2.31. The predicted molar refractivity (Wildman–Crippen MR) is 111 cm³/mol. The largest absolute Gasteiger partial charge is 0.482 e. The fraction of sp³-hybridized carbons (Fsp3) is 0.409. The zero-order chi connectivity index (χ0) is 21.8. The van der Waals surface area contributed by atoms with Crippen LogP contribution in [0.1, 0.15) is 22.7 Å². The molecule has 2 aliphatic rings. The molecule has 164 valence electrons. The van der Waals surface area contributed by atoms with Crippen LogP contribution in [0.25, 0.3) is 0 Å². The van der Waals surface area contributed by atoms with E-state index in [1.54, 1.807) is 29.2 Å². The molecule has 2 aliphatic heterocycles. The number of nitrogens with zero attached hydrogens (tertiary/aromatic N) is 3. The molecule has 1 fully saturated rings. The second-order valence-corrected chi connectivity index (χ2v) is 7.50. The number of anilines is 1. The van der Waals surface area contributed by atoms with E-state index < -0.39 is 5.97 Å². The van der Waals surface area contributed by atoms with E-state index >= 15 is 0 Å². The van der Waals surface area contributed by atoms with Crippen molar-refractivity contribution in [1.29, 1.82) is 0 Å². The molecule has 0 unspecified atom stereocenters. The van der Waals surface area contributed by atoms with Crippen molar-refractivity contribution in [2.24, 2.45) is 0 Å². The van der Waals surface area contributed by atoms with Crippen LogP contribution in [-0.2, 0) is 20.9 Å². The molecule has 2 amide bonds. The van der Waals surface area contributed by atoms with Gasteiger partial charge in [-0.05, 0) is 30.7 Å². The number of esters is 1. The Bertz CT molecular complexity index is 972. The van der Waals surface area contributed by atoms with Gasteiger partial charge in [-0.3, -0.25) is 19.4 Å². The minimum absolute atomic E-state index is 0.000119. The fourth-order valence-electron chi connectivity index (χ4n) is 3.83. The van der Waals surface area contributed by atoms with E-state index in [9.17, 15) is 14.4 Å². The lowest BCUT2D eigenvalue weighted by Crippen LogP contribution is -2.47. The maximum atomic E-state index is 13.0. The van der Waals surface area contributed by atoms with Gasteiger partial charge in [0, 0.05) is 26.2 Å². The van der Waals surface area contributed by atoms with E-state index in [4.69, 9.17) is 9.15 Å². The van der Waals surface area contributed by atoms with Crippen molar-refractivity contribution < 1.29 is 28.3 Å². The second kappa shape index (κ2) is 9.22. The van der Waals surface area contributed by atoms with Crippen LogP contribution in [0.2, 0.25) is 0 Å². The summed E-state index contributed by atoms with van der Waals surface area (Å²) in [6, 6.07) is 10.6. The molecule has 0 bridgehead atoms. The smallest absolute Gasteiger partial charge is 0.373 e. The first-order valence-electron chi connectivity index (χ1n) is 10.2. The molecule has 31 heavy (non-hydrogen) atoms. The number of furan rings is 1. The molecule has 2 aromatic rings. The monoisotopic (exact) mass is 427 g/mol. The third kappa shape index (κ3) is 4.72. The van der Waals surface area contributed by atoms with E-state index in [0.717, 1.165) is 13.0 Å². The predicted octanol–water partition coefficient (Wildman–Crippen LogP) is 1.53. The van der Waals surface area contributed by atoms with Crippen molar-refractivity contribution in [1.82, 2.24) is 9.80 Å². The van der Waals surface area contributed by atoms with E-state index in [1.165, 1.54) is 12.0 Å². The zero-order valence-corrected chi connectivity index (χ0v) is 17.4. The first kappa shape index (κ1) is 20.9. The Morgan fingerprint density at radius 2 is 1.90 bits per heavy atom. The molecular formula is C22H25N3O6. The summed E-state index contributed by atoms with van der Waals surface area (Å²) in [7, 11) is 1.31. The minimum atomic E-state index is -0.502. The van der Waals surface area contributed by atoms with Crippen molar-refractivity contribution in [3.8, 4) is 5.75 Å². The van der Waals surface area contributed by atoms with Gasteiger partial charge in [0.25, 0.3) is 5.91 Å². The molecule has 0 atom stereocenters. The number of methoxy groups -OCH3 is 1. The van der Waals surface area contributed by atoms with Gasteiger partial charge >= 0.3 is 5.97 Å². The lowest BCUT2D eigenvalue weighted by atomic mass is 10.2. The SMILES string of the molecule is COC(=O)c1ccc(CN2CCCN(C(=O)CN3C(=O)COc4ccccc43)CC2)o1. The summed E-state index contributed by atoms with van der Waals surface area (Å²) in [5.41, 5.74) is 0.628. The van der Waals surface area contributed by atoms with Crippen LogP contribution >= 0.6 is 0 Å². The molecule has 3 heterocycles. The molecule has 1 aromatic heterocycles. The normalized spacial score (nSPS) is 17.0. The van der Waals surface area contributed by atoms with Gasteiger partial charge in [-0.2, -0.15) is 0 Å². The summed E-state index contributed by atoms with van der Waals surface area (Å²) >= 11 is 0. The first-order chi connectivity index (χ1) is 15.0. The molecule has 0 radical (unpaired) electrons.